The van der Waals surface area contributed by atoms with Crippen LogP contribution in [0, 0.1) is 12.7 Å². The molecule has 0 unspecified atom stereocenters. The molecule has 1 saturated heterocycles. The van der Waals surface area contributed by atoms with Crippen LogP contribution in [0.3, 0.4) is 0 Å². The van der Waals surface area contributed by atoms with Gasteiger partial charge in [0.2, 0.25) is 0 Å². The van der Waals surface area contributed by atoms with E-state index in [1.165, 1.54) is 12.1 Å². The second-order valence-corrected chi connectivity index (χ2v) is 7.38. The molecule has 0 amide bonds. The summed E-state index contributed by atoms with van der Waals surface area (Å²) in [5.74, 6) is 2.02. The summed E-state index contributed by atoms with van der Waals surface area (Å²) in [6.07, 6.45) is 0. The molecule has 0 radical (unpaired) electrons. The van der Waals surface area contributed by atoms with E-state index in [2.05, 4.69) is 42.3 Å². The number of likely N-dealkylation sites (N-methyl/N-ethyl adjacent to an activating group) is 1. The largest absolute Gasteiger partial charge is 0.354 e. The predicted octanol–water partition coefficient (Wildman–Crippen LogP) is 3.46. The van der Waals surface area contributed by atoms with Gasteiger partial charge in [-0.2, -0.15) is 5.10 Å². The Bertz CT molecular complexity index is 962. The van der Waals surface area contributed by atoms with E-state index in [4.69, 9.17) is 11.6 Å². The lowest BCUT2D eigenvalue weighted by Crippen LogP contribution is -2.44. The summed E-state index contributed by atoms with van der Waals surface area (Å²) in [5, 5.41) is 10.6. The molecule has 7 nitrogen and oxygen atoms in total. The minimum atomic E-state index is -0.423. The van der Waals surface area contributed by atoms with Crippen molar-refractivity contribution in [2.24, 2.45) is 0 Å². The van der Waals surface area contributed by atoms with E-state index < -0.39 is 5.82 Å². The van der Waals surface area contributed by atoms with Crippen LogP contribution in [-0.2, 0) is 0 Å². The van der Waals surface area contributed by atoms with Crippen LogP contribution < -0.4 is 10.2 Å². The second-order valence-electron chi connectivity index (χ2n) is 6.94. The van der Waals surface area contributed by atoms with Crippen LogP contribution in [0.4, 0.5) is 21.8 Å². The molecular weight excluding hydrogens is 381 g/mol. The fourth-order valence-electron chi connectivity index (χ4n) is 3.12. The molecule has 1 aliphatic rings. The van der Waals surface area contributed by atoms with Crippen LogP contribution in [0.15, 0.2) is 30.3 Å². The summed E-state index contributed by atoms with van der Waals surface area (Å²) in [6, 6.07) is 8.09. The van der Waals surface area contributed by atoms with Crippen molar-refractivity contribution in [1.82, 2.24) is 25.1 Å². The third kappa shape index (κ3) is 4.23. The molecular formula is C19H21ClFN7. The number of rotatable bonds is 4. The molecule has 4 rings (SSSR count). The Morgan fingerprint density at radius 3 is 2.50 bits per heavy atom. The number of H-pyrrole nitrogens is 1. The zero-order valence-corrected chi connectivity index (χ0v) is 16.5. The van der Waals surface area contributed by atoms with E-state index in [9.17, 15) is 4.39 Å². The number of anilines is 3. The van der Waals surface area contributed by atoms with Crippen molar-refractivity contribution in [2.45, 2.75) is 6.92 Å². The van der Waals surface area contributed by atoms with E-state index in [0.717, 1.165) is 37.7 Å². The van der Waals surface area contributed by atoms with Gasteiger partial charge in [0.15, 0.2) is 11.6 Å². The number of nitrogens with one attached hydrogen (secondary N) is 2. The van der Waals surface area contributed by atoms with Crippen molar-refractivity contribution in [3.05, 3.63) is 46.9 Å². The van der Waals surface area contributed by atoms with E-state index in [-0.39, 0.29) is 0 Å². The summed E-state index contributed by atoms with van der Waals surface area (Å²) >= 11 is 6.04. The number of benzene rings is 1. The highest BCUT2D eigenvalue weighted by molar-refractivity contribution is 6.30. The topological polar surface area (TPSA) is 73.0 Å². The Morgan fingerprint density at radius 1 is 1.04 bits per heavy atom. The lowest BCUT2D eigenvalue weighted by Gasteiger charge is -2.33. The SMILES string of the molecule is Cc1cc(Nc2cc(N3CCN(C)CC3)nc(-c3cc(F)cc(Cl)c3)n2)n[nH]1. The molecule has 3 heterocycles. The summed E-state index contributed by atoms with van der Waals surface area (Å²) < 4.78 is 13.9. The van der Waals surface area contributed by atoms with Gasteiger partial charge >= 0.3 is 0 Å². The average molecular weight is 402 g/mol. The smallest absolute Gasteiger partial charge is 0.164 e. The number of hydrogen-bond acceptors (Lipinski definition) is 6. The van der Waals surface area contributed by atoms with Gasteiger partial charge in [0.1, 0.15) is 17.5 Å². The number of nitrogens with zero attached hydrogens (tertiary/aromatic N) is 5. The van der Waals surface area contributed by atoms with Crippen LogP contribution in [0.2, 0.25) is 5.02 Å². The quantitative estimate of drug-likeness (QED) is 0.697. The van der Waals surface area contributed by atoms with Gasteiger partial charge in [-0.05, 0) is 32.2 Å². The number of hydrogen-bond donors (Lipinski definition) is 2. The molecule has 0 aliphatic carbocycles. The summed E-state index contributed by atoms with van der Waals surface area (Å²) in [6.45, 7) is 5.54. The fourth-order valence-corrected chi connectivity index (χ4v) is 3.34. The van der Waals surface area contributed by atoms with E-state index in [0.29, 0.717) is 28.0 Å². The number of aromatic amines is 1. The van der Waals surface area contributed by atoms with Gasteiger partial charge in [-0.3, -0.25) is 5.10 Å². The molecule has 2 N–H and O–H groups in total. The first-order chi connectivity index (χ1) is 13.5. The Balaban J connectivity index is 1.73. The van der Waals surface area contributed by atoms with Gasteiger partial charge in [0.05, 0.1) is 0 Å². The minimum absolute atomic E-state index is 0.307. The first kappa shape index (κ1) is 18.6. The maximum atomic E-state index is 13.9. The van der Waals surface area contributed by atoms with Gasteiger partial charge in [-0.25, -0.2) is 14.4 Å². The van der Waals surface area contributed by atoms with Crippen LogP contribution in [-0.4, -0.2) is 58.3 Å². The standard InChI is InChI=1S/C19H21ClFN7/c1-12-7-17(26-25-12)22-16-11-18(28-5-3-27(2)4-6-28)24-19(23-16)13-8-14(20)10-15(21)9-13/h7-11H,3-6H2,1-2H3,(H2,22,23,24,25,26). The third-order valence-corrected chi connectivity index (χ3v) is 4.84. The van der Waals surface area contributed by atoms with Gasteiger partial charge < -0.3 is 15.1 Å². The van der Waals surface area contributed by atoms with Gasteiger partial charge in [-0.1, -0.05) is 11.6 Å². The Morgan fingerprint density at radius 2 is 1.82 bits per heavy atom. The third-order valence-electron chi connectivity index (χ3n) is 4.62. The molecule has 9 heteroatoms. The minimum Gasteiger partial charge on any atom is -0.354 e. The maximum Gasteiger partial charge on any atom is 0.164 e. The molecule has 0 atom stereocenters. The van der Waals surface area contributed by atoms with Crippen molar-refractivity contribution in [1.29, 1.82) is 0 Å². The molecule has 146 valence electrons. The van der Waals surface area contributed by atoms with Crippen LogP contribution in [0.1, 0.15) is 5.69 Å². The van der Waals surface area contributed by atoms with Crippen molar-refractivity contribution in [2.75, 3.05) is 43.4 Å². The highest BCUT2D eigenvalue weighted by Crippen LogP contribution is 2.27. The lowest BCUT2D eigenvalue weighted by molar-refractivity contribution is 0.312. The predicted molar refractivity (Wildman–Crippen MR) is 109 cm³/mol. The molecule has 0 saturated carbocycles. The van der Waals surface area contributed by atoms with Gasteiger partial charge in [0.25, 0.3) is 0 Å². The van der Waals surface area contributed by atoms with Crippen LogP contribution >= 0.6 is 11.6 Å². The van der Waals surface area contributed by atoms with Gasteiger partial charge in [-0.15, -0.1) is 0 Å². The van der Waals surface area contributed by atoms with Crippen LogP contribution in [0.5, 0.6) is 0 Å². The Hall–Kier alpha value is -2.71. The summed E-state index contributed by atoms with van der Waals surface area (Å²) in [7, 11) is 2.10. The number of aryl methyl sites for hydroxylation is 1. The van der Waals surface area contributed by atoms with Crippen molar-refractivity contribution < 1.29 is 4.39 Å². The number of piperazine rings is 1. The molecule has 0 bridgehead atoms. The van der Waals surface area contributed by atoms with Crippen molar-refractivity contribution in [3.8, 4) is 11.4 Å². The Kier molecular flexibility index (Phi) is 5.15. The molecule has 28 heavy (non-hydrogen) atoms. The van der Waals surface area contributed by atoms with Crippen LogP contribution in [0.25, 0.3) is 11.4 Å². The molecule has 1 fully saturated rings. The number of aromatic nitrogens is 4. The molecule has 1 aliphatic heterocycles. The van der Waals surface area contributed by atoms with Crippen molar-refractivity contribution >= 4 is 29.1 Å². The normalized spacial score (nSPS) is 15.1. The number of halogens is 2. The lowest BCUT2D eigenvalue weighted by atomic mass is 10.2. The maximum absolute atomic E-state index is 13.9. The highest BCUT2D eigenvalue weighted by atomic mass is 35.5. The Labute approximate surface area is 167 Å². The van der Waals surface area contributed by atoms with E-state index in [1.54, 1.807) is 6.07 Å². The van der Waals surface area contributed by atoms with Crippen molar-refractivity contribution in [3.63, 3.8) is 0 Å². The van der Waals surface area contributed by atoms with Gasteiger partial charge in [0, 0.05) is 54.6 Å². The molecule has 2 aromatic heterocycles. The average Bonchev–Trinajstić information content (AvgIpc) is 3.06. The fraction of sp³-hybridized carbons (Fsp3) is 0.316. The monoisotopic (exact) mass is 401 g/mol. The molecule has 0 spiro atoms. The summed E-state index contributed by atoms with van der Waals surface area (Å²) in [5.41, 5.74) is 1.47. The van der Waals surface area contributed by atoms with E-state index in [1.807, 2.05) is 19.1 Å². The highest BCUT2D eigenvalue weighted by Gasteiger charge is 2.18. The van der Waals surface area contributed by atoms with E-state index >= 15 is 0 Å². The second kappa shape index (κ2) is 7.73. The zero-order valence-electron chi connectivity index (χ0n) is 15.7. The zero-order chi connectivity index (χ0) is 19.7. The summed E-state index contributed by atoms with van der Waals surface area (Å²) in [4.78, 5) is 13.7. The molecule has 1 aromatic carbocycles. The molecule has 3 aromatic rings. The first-order valence-corrected chi connectivity index (χ1v) is 9.42. The first-order valence-electron chi connectivity index (χ1n) is 9.04.